The van der Waals surface area contributed by atoms with E-state index in [2.05, 4.69) is 22.4 Å². The Morgan fingerprint density at radius 1 is 1.19 bits per heavy atom. The second kappa shape index (κ2) is 7.30. The highest BCUT2D eigenvalue weighted by atomic mass is 32.1. The Balaban J connectivity index is 1.43. The number of aromatic nitrogens is 1. The zero-order chi connectivity index (χ0) is 17.9. The van der Waals surface area contributed by atoms with Gasteiger partial charge in [-0.2, -0.15) is 0 Å². The molecule has 0 bridgehead atoms. The molecule has 1 aromatic heterocycles. The molecule has 132 valence electrons. The van der Waals surface area contributed by atoms with Gasteiger partial charge in [0.05, 0.1) is 10.7 Å². The van der Waals surface area contributed by atoms with E-state index in [9.17, 15) is 4.79 Å². The number of anilines is 1. The first-order chi connectivity index (χ1) is 12.7. The minimum absolute atomic E-state index is 0.127. The molecule has 1 amide bonds. The molecule has 0 spiro atoms. The van der Waals surface area contributed by atoms with Crippen molar-refractivity contribution >= 4 is 22.9 Å². The summed E-state index contributed by atoms with van der Waals surface area (Å²) >= 11 is 1.60. The third-order valence-corrected chi connectivity index (χ3v) is 5.33. The van der Waals surface area contributed by atoms with E-state index in [-0.39, 0.29) is 5.91 Å². The van der Waals surface area contributed by atoms with Gasteiger partial charge in [-0.3, -0.25) is 4.79 Å². The summed E-state index contributed by atoms with van der Waals surface area (Å²) in [4.78, 5) is 16.9. The Hall–Kier alpha value is -2.66. The Kier molecular flexibility index (Phi) is 4.71. The van der Waals surface area contributed by atoms with Crippen LogP contribution in [0.5, 0.6) is 5.75 Å². The molecule has 0 saturated heterocycles. The Bertz CT molecular complexity index is 949. The summed E-state index contributed by atoms with van der Waals surface area (Å²) in [6.07, 6.45) is 3.44. The van der Waals surface area contributed by atoms with Crippen LogP contribution in [0, 0.1) is 6.92 Å². The third kappa shape index (κ3) is 3.78. The maximum Gasteiger partial charge on any atom is 0.255 e. The van der Waals surface area contributed by atoms with Crippen molar-refractivity contribution in [2.75, 3.05) is 5.32 Å². The molecule has 0 radical (unpaired) electrons. The van der Waals surface area contributed by atoms with Crippen molar-refractivity contribution in [2.45, 2.75) is 32.8 Å². The van der Waals surface area contributed by atoms with Gasteiger partial charge in [0.1, 0.15) is 12.4 Å². The number of nitrogens with one attached hydrogen (secondary N) is 1. The molecular formula is C21H20N2O2S. The average molecular weight is 364 g/mol. The summed E-state index contributed by atoms with van der Waals surface area (Å²) in [5.41, 5.74) is 5.08. The molecule has 4 rings (SSSR count). The summed E-state index contributed by atoms with van der Waals surface area (Å²) in [6.45, 7) is 2.37. The van der Waals surface area contributed by atoms with Crippen LogP contribution in [0.4, 0.5) is 5.69 Å². The highest BCUT2D eigenvalue weighted by Gasteiger charge is 2.13. The topological polar surface area (TPSA) is 51.2 Å². The molecule has 0 fully saturated rings. The van der Waals surface area contributed by atoms with Crippen LogP contribution in [-0.4, -0.2) is 10.9 Å². The second-order valence-corrected chi connectivity index (χ2v) is 7.53. The summed E-state index contributed by atoms with van der Waals surface area (Å²) in [7, 11) is 0. The fourth-order valence-corrected chi connectivity index (χ4v) is 3.81. The number of nitrogens with zero attached hydrogens (tertiary/aromatic N) is 1. The van der Waals surface area contributed by atoms with Gasteiger partial charge in [-0.25, -0.2) is 4.98 Å². The number of amides is 1. The van der Waals surface area contributed by atoms with Gasteiger partial charge >= 0.3 is 0 Å². The van der Waals surface area contributed by atoms with Crippen molar-refractivity contribution in [3.63, 3.8) is 0 Å². The Morgan fingerprint density at radius 2 is 2.08 bits per heavy atom. The quantitative estimate of drug-likeness (QED) is 0.709. The Morgan fingerprint density at radius 3 is 2.92 bits per heavy atom. The van der Waals surface area contributed by atoms with E-state index < -0.39 is 0 Å². The smallest absolute Gasteiger partial charge is 0.255 e. The lowest BCUT2D eigenvalue weighted by Crippen LogP contribution is -2.12. The molecule has 1 aliphatic carbocycles. The molecule has 1 heterocycles. The monoisotopic (exact) mass is 364 g/mol. The number of aryl methyl sites for hydroxylation is 3. The van der Waals surface area contributed by atoms with Crippen LogP contribution < -0.4 is 10.1 Å². The zero-order valence-corrected chi connectivity index (χ0v) is 15.4. The highest BCUT2D eigenvalue weighted by Crippen LogP contribution is 2.25. The van der Waals surface area contributed by atoms with Crippen LogP contribution in [0.2, 0.25) is 0 Å². The average Bonchev–Trinajstić information content (AvgIpc) is 3.28. The number of ether oxygens (including phenoxy) is 1. The maximum absolute atomic E-state index is 12.6. The van der Waals surface area contributed by atoms with E-state index in [1.165, 1.54) is 17.5 Å². The lowest BCUT2D eigenvalue weighted by Gasteiger charge is -2.09. The zero-order valence-electron chi connectivity index (χ0n) is 14.6. The van der Waals surface area contributed by atoms with Crippen molar-refractivity contribution in [1.29, 1.82) is 0 Å². The van der Waals surface area contributed by atoms with E-state index in [1.54, 1.807) is 23.5 Å². The molecule has 4 nitrogen and oxygen atoms in total. The van der Waals surface area contributed by atoms with Crippen LogP contribution in [0.15, 0.2) is 47.8 Å². The van der Waals surface area contributed by atoms with Gasteiger partial charge in [0.2, 0.25) is 0 Å². The van der Waals surface area contributed by atoms with Gasteiger partial charge in [0, 0.05) is 16.6 Å². The largest absolute Gasteiger partial charge is 0.487 e. The first kappa shape index (κ1) is 16.8. The molecule has 2 aromatic carbocycles. The van der Waals surface area contributed by atoms with Crippen molar-refractivity contribution in [1.82, 2.24) is 4.98 Å². The first-order valence-electron chi connectivity index (χ1n) is 8.74. The number of benzene rings is 2. The predicted molar refractivity (Wildman–Crippen MR) is 104 cm³/mol. The fourth-order valence-electron chi connectivity index (χ4n) is 3.21. The fraction of sp³-hybridized carbons (Fsp3) is 0.238. The van der Waals surface area contributed by atoms with Crippen molar-refractivity contribution in [3.8, 4) is 5.75 Å². The molecule has 5 heteroatoms. The molecule has 0 atom stereocenters. The predicted octanol–water partition coefficient (Wildman–Crippen LogP) is 4.77. The minimum Gasteiger partial charge on any atom is -0.487 e. The van der Waals surface area contributed by atoms with E-state index in [4.69, 9.17) is 4.74 Å². The molecule has 0 saturated carbocycles. The molecule has 26 heavy (non-hydrogen) atoms. The molecule has 1 aliphatic rings. The maximum atomic E-state index is 12.6. The van der Waals surface area contributed by atoms with Gasteiger partial charge < -0.3 is 10.1 Å². The third-order valence-electron chi connectivity index (χ3n) is 4.51. The normalized spacial score (nSPS) is 12.7. The van der Waals surface area contributed by atoms with Gasteiger partial charge in [0.25, 0.3) is 5.91 Å². The van der Waals surface area contributed by atoms with Crippen LogP contribution in [0.25, 0.3) is 0 Å². The van der Waals surface area contributed by atoms with Gasteiger partial charge in [-0.1, -0.05) is 12.1 Å². The standard InChI is InChI=1S/C21H20N2O2S/c1-14-22-19(13-26-14)12-25-20-7-3-6-17(11-20)21(24)23-18-9-8-15-4-2-5-16(15)10-18/h3,6-11,13H,2,4-5,12H2,1H3,(H,23,24). The lowest BCUT2D eigenvalue weighted by molar-refractivity contribution is 0.102. The number of fused-ring (bicyclic) bond motifs is 1. The minimum atomic E-state index is -0.127. The summed E-state index contributed by atoms with van der Waals surface area (Å²) in [6, 6.07) is 13.4. The van der Waals surface area contributed by atoms with E-state index >= 15 is 0 Å². The number of thiazole rings is 1. The van der Waals surface area contributed by atoms with Crippen LogP contribution >= 0.6 is 11.3 Å². The number of rotatable bonds is 5. The van der Waals surface area contributed by atoms with Crippen molar-refractivity contribution in [2.24, 2.45) is 0 Å². The molecule has 0 aliphatic heterocycles. The van der Waals surface area contributed by atoms with Gasteiger partial charge in [-0.05, 0) is 67.6 Å². The van der Waals surface area contributed by atoms with Gasteiger partial charge in [-0.15, -0.1) is 11.3 Å². The number of carbonyl (C=O) groups excluding carboxylic acids is 1. The van der Waals surface area contributed by atoms with Gasteiger partial charge in [0.15, 0.2) is 0 Å². The summed E-state index contributed by atoms with van der Waals surface area (Å²) in [5, 5.41) is 5.99. The SMILES string of the molecule is Cc1nc(COc2cccc(C(=O)Nc3ccc4c(c3)CCC4)c2)cs1. The highest BCUT2D eigenvalue weighted by molar-refractivity contribution is 7.09. The number of hydrogen-bond acceptors (Lipinski definition) is 4. The molecule has 3 aromatic rings. The van der Waals surface area contributed by atoms with Crippen LogP contribution in [-0.2, 0) is 19.4 Å². The first-order valence-corrected chi connectivity index (χ1v) is 9.62. The second-order valence-electron chi connectivity index (χ2n) is 6.47. The van der Waals surface area contributed by atoms with E-state index in [0.717, 1.165) is 29.2 Å². The summed E-state index contributed by atoms with van der Waals surface area (Å²) in [5.74, 6) is 0.537. The van der Waals surface area contributed by atoms with Crippen LogP contribution in [0.3, 0.4) is 0 Å². The van der Waals surface area contributed by atoms with E-state index in [0.29, 0.717) is 17.9 Å². The van der Waals surface area contributed by atoms with Crippen molar-refractivity contribution in [3.05, 3.63) is 75.2 Å². The van der Waals surface area contributed by atoms with Crippen molar-refractivity contribution < 1.29 is 9.53 Å². The Labute approximate surface area is 156 Å². The summed E-state index contributed by atoms with van der Waals surface area (Å²) < 4.78 is 5.77. The number of hydrogen-bond donors (Lipinski definition) is 1. The number of carbonyl (C=O) groups is 1. The molecule has 0 unspecified atom stereocenters. The molecule has 1 N–H and O–H groups in total. The van der Waals surface area contributed by atoms with Crippen LogP contribution in [0.1, 0.15) is 38.6 Å². The molecular weight excluding hydrogens is 344 g/mol. The van der Waals surface area contributed by atoms with E-state index in [1.807, 2.05) is 30.5 Å². The lowest BCUT2D eigenvalue weighted by atomic mass is 10.1.